The predicted octanol–water partition coefficient (Wildman–Crippen LogP) is 4.48. The summed E-state index contributed by atoms with van der Waals surface area (Å²) in [4.78, 5) is 2.46. The number of aromatic nitrogens is 1. The number of rotatable bonds is 1. The fourth-order valence-electron chi connectivity index (χ4n) is 5.02. The summed E-state index contributed by atoms with van der Waals surface area (Å²) in [6, 6.07) is 17.4. The molecular formula is C24H25N3O2. The Morgan fingerprint density at radius 3 is 2.62 bits per heavy atom. The van der Waals surface area contributed by atoms with Crippen LogP contribution in [0.2, 0.25) is 0 Å². The van der Waals surface area contributed by atoms with Gasteiger partial charge in [-0.1, -0.05) is 6.07 Å². The second-order valence-electron chi connectivity index (χ2n) is 8.31. The van der Waals surface area contributed by atoms with Gasteiger partial charge in [0.1, 0.15) is 13.2 Å². The summed E-state index contributed by atoms with van der Waals surface area (Å²) in [5.41, 5.74) is 6.34. The fraction of sp³-hybridized carbons (Fsp3) is 0.333. The van der Waals surface area contributed by atoms with Crippen LogP contribution in [0.3, 0.4) is 0 Å². The summed E-state index contributed by atoms with van der Waals surface area (Å²) in [7, 11) is 0. The first-order valence-electron chi connectivity index (χ1n) is 10.4. The standard InChI is InChI=1S/C24H25N3O2/c1-17-4-6-20-19(15-17)25-24(23-3-2-10-27(20)23)8-11-26(12-9-24)18-5-7-21-22(16-18)29-14-13-28-21/h2-7,10,15-16,25H,8-9,11-14H2,1H3. The van der Waals surface area contributed by atoms with Crippen molar-refractivity contribution in [3.63, 3.8) is 0 Å². The van der Waals surface area contributed by atoms with Crippen LogP contribution in [0, 0.1) is 6.92 Å². The van der Waals surface area contributed by atoms with Crippen LogP contribution in [0.1, 0.15) is 24.1 Å². The molecule has 0 bridgehead atoms. The number of ether oxygens (including phenoxy) is 2. The minimum Gasteiger partial charge on any atom is -0.486 e. The van der Waals surface area contributed by atoms with E-state index in [4.69, 9.17) is 9.47 Å². The van der Waals surface area contributed by atoms with Gasteiger partial charge in [-0.05, 0) is 61.7 Å². The molecule has 3 aliphatic rings. The zero-order chi connectivity index (χ0) is 19.4. The maximum Gasteiger partial charge on any atom is 0.163 e. The zero-order valence-corrected chi connectivity index (χ0v) is 16.6. The Kier molecular flexibility index (Phi) is 3.60. The van der Waals surface area contributed by atoms with Crippen molar-refractivity contribution in [1.82, 2.24) is 4.57 Å². The lowest BCUT2D eigenvalue weighted by atomic mass is 9.82. The average Bonchev–Trinajstić information content (AvgIpc) is 3.25. The number of hydrogen-bond acceptors (Lipinski definition) is 4. The quantitative estimate of drug-likeness (QED) is 0.668. The third kappa shape index (κ3) is 2.60. The maximum atomic E-state index is 5.78. The molecule has 0 atom stereocenters. The van der Waals surface area contributed by atoms with E-state index >= 15 is 0 Å². The van der Waals surface area contributed by atoms with Crippen LogP contribution in [0.15, 0.2) is 54.7 Å². The van der Waals surface area contributed by atoms with E-state index < -0.39 is 0 Å². The largest absolute Gasteiger partial charge is 0.486 e. The van der Waals surface area contributed by atoms with Gasteiger partial charge in [0.25, 0.3) is 0 Å². The highest BCUT2D eigenvalue weighted by molar-refractivity contribution is 5.68. The molecular weight excluding hydrogens is 362 g/mol. The van der Waals surface area contributed by atoms with E-state index in [1.54, 1.807) is 0 Å². The Balaban J connectivity index is 1.29. The van der Waals surface area contributed by atoms with Crippen molar-refractivity contribution in [2.24, 2.45) is 0 Å². The molecule has 3 aromatic rings. The molecule has 0 saturated carbocycles. The van der Waals surface area contributed by atoms with Gasteiger partial charge in [-0.3, -0.25) is 0 Å². The number of anilines is 2. The summed E-state index contributed by atoms with van der Waals surface area (Å²) in [5, 5.41) is 3.93. The molecule has 0 radical (unpaired) electrons. The summed E-state index contributed by atoms with van der Waals surface area (Å²) in [6.07, 6.45) is 4.30. The lowest BCUT2D eigenvalue weighted by molar-refractivity contribution is 0.171. The van der Waals surface area contributed by atoms with Crippen molar-refractivity contribution in [2.75, 3.05) is 36.5 Å². The molecule has 1 aromatic heterocycles. The minimum absolute atomic E-state index is 0.0192. The van der Waals surface area contributed by atoms with Gasteiger partial charge in [0, 0.05) is 36.7 Å². The lowest BCUT2D eigenvalue weighted by Gasteiger charge is -2.47. The number of hydrogen-bond donors (Lipinski definition) is 1. The van der Waals surface area contributed by atoms with E-state index in [2.05, 4.69) is 70.4 Å². The smallest absolute Gasteiger partial charge is 0.163 e. The second kappa shape index (κ2) is 6.21. The van der Waals surface area contributed by atoms with Gasteiger partial charge in [-0.25, -0.2) is 0 Å². The molecule has 1 N–H and O–H groups in total. The van der Waals surface area contributed by atoms with Crippen molar-refractivity contribution in [2.45, 2.75) is 25.3 Å². The molecule has 3 aliphatic heterocycles. The Morgan fingerprint density at radius 2 is 1.76 bits per heavy atom. The molecule has 1 saturated heterocycles. The van der Waals surface area contributed by atoms with E-state index in [0.717, 1.165) is 37.4 Å². The summed E-state index contributed by atoms with van der Waals surface area (Å²) < 4.78 is 13.8. The molecule has 1 spiro atoms. The number of nitrogens with zero attached hydrogens (tertiary/aromatic N) is 2. The molecule has 4 heterocycles. The number of fused-ring (bicyclic) bond motifs is 5. The van der Waals surface area contributed by atoms with Crippen molar-refractivity contribution in [1.29, 1.82) is 0 Å². The van der Waals surface area contributed by atoms with Crippen molar-refractivity contribution >= 4 is 11.4 Å². The molecule has 2 aromatic carbocycles. The predicted molar refractivity (Wildman–Crippen MR) is 115 cm³/mol. The summed E-state index contributed by atoms with van der Waals surface area (Å²) in [6.45, 7) is 5.41. The molecule has 0 amide bonds. The summed E-state index contributed by atoms with van der Waals surface area (Å²) >= 11 is 0. The molecule has 0 aliphatic carbocycles. The van der Waals surface area contributed by atoms with Crippen molar-refractivity contribution < 1.29 is 9.47 Å². The first-order valence-corrected chi connectivity index (χ1v) is 10.4. The molecule has 148 valence electrons. The molecule has 1 fully saturated rings. The van der Waals surface area contributed by atoms with Gasteiger partial charge in [-0.15, -0.1) is 0 Å². The van der Waals surface area contributed by atoms with E-state index in [-0.39, 0.29) is 5.54 Å². The van der Waals surface area contributed by atoms with Crippen molar-refractivity contribution in [3.05, 3.63) is 66.0 Å². The Labute approximate surface area is 170 Å². The minimum atomic E-state index is -0.0192. The van der Waals surface area contributed by atoms with Crippen LogP contribution in [-0.4, -0.2) is 30.9 Å². The van der Waals surface area contributed by atoms with Gasteiger partial charge in [-0.2, -0.15) is 0 Å². The molecule has 29 heavy (non-hydrogen) atoms. The fourth-order valence-corrected chi connectivity index (χ4v) is 5.02. The van der Waals surface area contributed by atoms with E-state index in [0.29, 0.717) is 13.2 Å². The Morgan fingerprint density at radius 1 is 0.931 bits per heavy atom. The van der Waals surface area contributed by atoms with Crippen LogP contribution >= 0.6 is 0 Å². The molecule has 6 rings (SSSR count). The second-order valence-corrected chi connectivity index (χ2v) is 8.31. The van der Waals surface area contributed by atoms with Crippen LogP contribution in [-0.2, 0) is 5.54 Å². The van der Waals surface area contributed by atoms with Crippen LogP contribution < -0.4 is 19.7 Å². The maximum absolute atomic E-state index is 5.78. The highest BCUT2D eigenvalue weighted by Crippen LogP contribution is 2.44. The third-order valence-corrected chi connectivity index (χ3v) is 6.53. The first-order chi connectivity index (χ1) is 14.2. The number of piperidine rings is 1. The monoisotopic (exact) mass is 387 g/mol. The topological polar surface area (TPSA) is 38.7 Å². The summed E-state index contributed by atoms with van der Waals surface area (Å²) in [5.74, 6) is 1.72. The van der Waals surface area contributed by atoms with Crippen LogP contribution in [0.4, 0.5) is 11.4 Å². The highest BCUT2D eigenvalue weighted by atomic mass is 16.6. The number of aryl methyl sites for hydroxylation is 1. The normalized spacial score (nSPS) is 18.7. The lowest BCUT2D eigenvalue weighted by Crippen LogP contribution is -2.49. The van der Waals surface area contributed by atoms with Gasteiger partial charge in [0.2, 0.25) is 0 Å². The zero-order valence-electron chi connectivity index (χ0n) is 16.6. The molecule has 0 unspecified atom stereocenters. The van der Waals surface area contributed by atoms with Crippen LogP contribution in [0.5, 0.6) is 11.5 Å². The Hall–Kier alpha value is -3.08. The molecule has 5 nitrogen and oxygen atoms in total. The Bertz CT molecular complexity index is 1080. The van der Waals surface area contributed by atoms with Gasteiger partial charge >= 0.3 is 0 Å². The van der Waals surface area contributed by atoms with E-state index in [1.807, 2.05) is 6.07 Å². The average molecular weight is 387 g/mol. The molecule has 5 heteroatoms. The first kappa shape index (κ1) is 16.8. The van der Waals surface area contributed by atoms with Gasteiger partial charge in [0.05, 0.1) is 16.9 Å². The number of benzene rings is 2. The highest BCUT2D eigenvalue weighted by Gasteiger charge is 2.41. The van der Waals surface area contributed by atoms with Crippen LogP contribution in [0.25, 0.3) is 5.69 Å². The van der Waals surface area contributed by atoms with Gasteiger partial charge in [0.15, 0.2) is 11.5 Å². The van der Waals surface area contributed by atoms with Crippen molar-refractivity contribution in [3.8, 4) is 17.2 Å². The third-order valence-electron chi connectivity index (χ3n) is 6.53. The van der Waals surface area contributed by atoms with E-state index in [1.165, 1.54) is 28.3 Å². The SMILES string of the molecule is Cc1ccc2c(c1)NC1(CCN(c3ccc4c(c3)OCCO4)CC1)c1cccn1-2. The number of nitrogens with one attached hydrogen (secondary N) is 1. The van der Waals surface area contributed by atoms with Gasteiger partial charge < -0.3 is 24.3 Å². The van der Waals surface area contributed by atoms with E-state index in [9.17, 15) is 0 Å².